The molecule has 1 aliphatic heterocycles. The second-order valence-electron chi connectivity index (χ2n) is 4.34. The van der Waals surface area contributed by atoms with Crippen LogP contribution in [0.2, 0.25) is 0 Å². The van der Waals surface area contributed by atoms with Crippen molar-refractivity contribution in [2.24, 2.45) is 0 Å². The van der Waals surface area contributed by atoms with Gasteiger partial charge >= 0.3 is 11.6 Å². The van der Waals surface area contributed by atoms with Gasteiger partial charge in [-0.1, -0.05) is 0 Å². The summed E-state index contributed by atoms with van der Waals surface area (Å²) < 4.78 is 58.1. The van der Waals surface area contributed by atoms with Crippen molar-refractivity contribution in [3.8, 4) is 0 Å². The minimum Gasteiger partial charge on any atom is -0.393 e. The zero-order chi connectivity index (χ0) is 15.8. The summed E-state index contributed by atoms with van der Waals surface area (Å²) in [5, 5.41) is 8.78. The van der Waals surface area contributed by atoms with Crippen LogP contribution in [0.1, 0.15) is 11.8 Å². The number of halogens is 4. The number of anilines is 1. The van der Waals surface area contributed by atoms with E-state index >= 15 is 0 Å². The highest BCUT2D eigenvalue weighted by Gasteiger charge is 2.60. The van der Waals surface area contributed by atoms with E-state index in [0.717, 1.165) is 12.3 Å². The van der Waals surface area contributed by atoms with Crippen molar-refractivity contribution in [3.63, 3.8) is 0 Å². The van der Waals surface area contributed by atoms with Gasteiger partial charge < -0.3 is 15.6 Å². The number of aromatic nitrogens is 2. The van der Waals surface area contributed by atoms with Crippen LogP contribution in [0.5, 0.6) is 0 Å². The number of hydrogen-bond acceptors (Lipinski definition) is 5. The van der Waals surface area contributed by atoms with Gasteiger partial charge in [0, 0.05) is 11.8 Å². The van der Waals surface area contributed by atoms with Gasteiger partial charge in [0.1, 0.15) is 11.9 Å². The van der Waals surface area contributed by atoms with E-state index < -0.39 is 36.7 Å². The molecule has 1 aromatic rings. The zero-order valence-corrected chi connectivity index (χ0v) is 10.4. The van der Waals surface area contributed by atoms with E-state index in [1.807, 2.05) is 0 Å². The van der Waals surface area contributed by atoms with Crippen molar-refractivity contribution in [3.05, 3.63) is 28.6 Å². The highest BCUT2D eigenvalue weighted by molar-refractivity contribution is 5.58. The Morgan fingerprint density at radius 2 is 2.24 bits per heavy atom. The maximum Gasteiger partial charge on any atom is 0.351 e. The van der Waals surface area contributed by atoms with Gasteiger partial charge in [0.15, 0.2) is 6.23 Å². The average molecular weight is 309 g/mol. The first-order valence-corrected chi connectivity index (χ1v) is 5.76. The Morgan fingerprint density at radius 1 is 1.57 bits per heavy atom. The third-order valence-electron chi connectivity index (χ3n) is 3.04. The number of ether oxygens (including phenoxy) is 1. The number of aliphatic hydroxyl groups is 1. The summed E-state index contributed by atoms with van der Waals surface area (Å²) in [7, 11) is 0. The molecule has 1 aliphatic rings. The molecule has 0 spiro atoms. The van der Waals surface area contributed by atoms with Gasteiger partial charge in [-0.05, 0) is 6.08 Å². The predicted molar refractivity (Wildman–Crippen MR) is 63.9 cm³/mol. The summed E-state index contributed by atoms with van der Waals surface area (Å²) in [5.74, 6) is -4.32. The fourth-order valence-electron chi connectivity index (χ4n) is 1.94. The first kappa shape index (κ1) is 15.4. The molecule has 2 rings (SSSR count). The molecule has 2 heterocycles. The summed E-state index contributed by atoms with van der Waals surface area (Å²) in [4.78, 5) is 14.9. The largest absolute Gasteiger partial charge is 0.393 e. The summed E-state index contributed by atoms with van der Waals surface area (Å²) in [6.45, 7) is -1.13. The molecule has 6 nitrogen and oxygen atoms in total. The minimum atomic E-state index is -3.98. The Bertz CT molecular complexity index is 619. The van der Waals surface area contributed by atoms with Gasteiger partial charge in [-0.2, -0.15) is 4.98 Å². The van der Waals surface area contributed by atoms with Crippen molar-refractivity contribution in [2.45, 2.75) is 24.4 Å². The average Bonchev–Trinajstić information content (AvgIpc) is 2.64. The molecule has 0 aromatic carbocycles. The third kappa shape index (κ3) is 2.51. The number of rotatable bonds is 3. The number of hydrogen-bond donors (Lipinski definition) is 2. The van der Waals surface area contributed by atoms with E-state index in [1.165, 1.54) is 0 Å². The molecule has 0 amide bonds. The molecule has 116 valence electrons. The van der Waals surface area contributed by atoms with E-state index in [9.17, 15) is 22.4 Å². The normalized spacial score (nSPS) is 28.3. The summed E-state index contributed by atoms with van der Waals surface area (Å²) in [5.41, 5.74) is 4.11. The van der Waals surface area contributed by atoms with Crippen LogP contribution < -0.4 is 11.4 Å². The lowest BCUT2D eigenvalue weighted by Crippen LogP contribution is -2.39. The van der Waals surface area contributed by atoms with Gasteiger partial charge in [0.2, 0.25) is 6.17 Å². The van der Waals surface area contributed by atoms with E-state index in [2.05, 4.69) is 9.72 Å². The molecule has 0 saturated carbocycles. The summed E-state index contributed by atoms with van der Waals surface area (Å²) in [6.07, 6.45) is -5.20. The van der Waals surface area contributed by atoms with Crippen LogP contribution in [-0.2, 0) is 4.74 Å². The fraction of sp³-hybridized carbons (Fsp3) is 0.455. The number of nitrogen functional groups attached to an aromatic ring is 1. The molecule has 3 N–H and O–H groups in total. The predicted octanol–water partition coefficient (Wildman–Crippen LogP) is 0.629. The number of aliphatic hydroxyl groups excluding tert-OH is 1. The summed E-state index contributed by atoms with van der Waals surface area (Å²) in [6, 6.07) is 0. The number of nitrogens with two attached hydrogens (primary N) is 1. The fourth-order valence-corrected chi connectivity index (χ4v) is 1.94. The van der Waals surface area contributed by atoms with Gasteiger partial charge in [0.05, 0.1) is 12.9 Å². The van der Waals surface area contributed by atoms with Crippen molar-refractivity contribution in [2.75, 3.05) is 12.3 Å². The molecule has 1 fully saturated rings. The standard InChI is InChI=1S/C11H11F4N3O3/c12-2-1-5-3-18(10(20)17-8(5)16)9-7(13)11(14,15)6(4-19)21-9/h1-3,6-7,9,19H,4H2,(H2,16,17,20)/b2-1+. The molecular weight excluding hydrogens is 298 g/mol. The lowest BCUT2D eigenvalue weighted by Gasteiger charge is -2.17. The number of alkyl halides is 3. The van der Waals surface area contributed by atoms with Crippen LogP contribution in [0.4, 0.5) is 23.4 Å². The van der Waals surface area contributed by atoms with Crippen LogP contribution in [0, 0.1) is 0 Å². The SMILES string of the molecule is Nc1nc(=O)n(C2OC(CO)C(F)(F)C2F)cc1/C=C/F. The molecule has 3 unspecified atom stereocenters. The maximum absolute atomic E-state index is 13.8. The lowest BCUT2D eigenvalue weighted by molar-refractivity contribution is -0.111. The van der Waals surface area contributed by atoms with Crippen molar-refractivity contribution in [1.29, 1.82) is 0 Å². The van der Waals surface area contributed by atoms with Crippen molar-refractivity contribution >= 4 is 11.9 Å². The Hall–Kier alpha value is -1.94. The minimum absolute atomic E-state index is 0.0930. The first-order chi connectivity index (χ1) is 9.82. The molecule has 10 heteroatoms. The third-order valence-corrected chi connectivity index (χ3v) is 3.04. The van der Waals surface area contributed by atoms with Gasteiger partial charge in [0.25, 0.3) is 0 Å². The molecule has 1 aromatic heterocycles. The molecule has 21 heavy (non-hydrogen) atoms. The first-order valence-electron chi connectivity index (χ1n) is 5.76. The Morgan fingerprint density at radius 3 is 2.76 bits per heavy atom. The molecule has 0 bridgehead atoms. The van der Waals surface area contributed by atoms with Crippen LogP contribution in [-0.4, -0.2) is 39.5 Å². The summed E-state index contributed by atoms with van der Waals surface area (Å²) >= 11 is 0. The van der Waals surface area contributed by atoms with E-state index in [-0.39, 0.29) is 17.7 Å². The topological polar surface area (TPSA) is 90.4 Å². The zero-order valence-electron chi connectivity index (χ0n) is 10.4. The monoisotopic (exact) mass is 309 g/mol. The second kappa shape index (κ2) is 5.45. The quantitative estimate of drug-likeness (QED) is 0.799. The lowest BCUT2D eigenvalue weighted by atomic mass is 10.1. The van der Waals surface area contributed by atoms with Crippen LogP contribution >= 0.6 is 0 Å². The van der Waals surface area contributed by atoms with Crippen LogP contribution in [0.3, 0.4) is 0 Å². The second-order valence-corrected chi connectivity index (χ2v) is 4.34. The molecule has 3 atom stereocenters. The highest BCUT2D eigenvalue weighted by atomic mass is 19.3. The highest BCUT2D eigenvalue weighted by Crippen LogP contribution is 2.42. The van der Waals surface area contributed by atoms with Gasteiger partial charge in [-0.15, -0.1) is 0 Å². The smallest absolute Gasteiger partial charge is 0.351 e. The molecule has 0 aliphatic carbocycles. The van der Waals surface area contributed by atoms with E-state index in [1.54, 1.807) is 0 Å². The maximum atomic E-state index is 13.8. The molecular formula is C11H11F4N3O3. The van der Waals surface area contributed by atoms with Gasteiger partial charge in [-0.25, -0.2) is 22.4 Å². The van der Waals surface area contributed by atoms with Crippen molar-refractivity contribution in [1.82, 2.24) is 9.55 Å². The number of nitrogens with zero attached hydrogens (tertiary/aromatic N) is 2. The molecule has 1 saturated heterocycles. The van der Waals surface area contributed by atoms with E-state index in [4.69, 9.17) is 10.8 Å². The Labute approximate surface area is 115 Å². The van der Waals surface area contributed by atoms with Crippen LogP contribution in [0.15, 0.2) is 17.3 Å². The molecule has 0 radical (unpaired) electrons. The van der Waals surface area contributed by atoms with E-state index in [0.29, 0.717) is 4.57 Å². The van der Waals surface area contributed by atoms with Crippen molar-refractivity contribution < 1.29 is 27.4 Å². The van der Waals surface area contributed by atoms with Gasteiger partial charge in [-0.3, -0.25) is 4.57 Å². The Balaban J connectivity index is 2.48. The Kier molecular flexibility index (Phi) is 4.01. The van der Waals surface area contributed by atoms with Crippen LogP contribution in [0.25, 0.3) is 6.08 Å².